The molecule has 1 aromatic heterocycles. The van der Waals surface area contributed by atoms with Crippen LogP contribution < -0.4 is 10.2 Å². The zero-order valence-corrected chi connectivity index (χ0v) is 11.6. The predicted molar refractivity (Wildman–Crippen MR) is 77.3 cm³/mol. The maximum absolute atomic E-state index is 14.0. The average Bonchev–Trinajstić information content (AvgIpc) is 2.87. The van der Waals surface area contributed by atoms with Crippen molar-refractivity contribution in [2.24, 2.45) is 0 Å². The van der Waals surface area contributed by atoms with E-state index >= 15 is 0 Å². The number of aryl methyl sites for hydroxylation is 1. The SMILES string of the molecule is Cc1nc(-c2ccc(F)c(N3CCNCC3)c2)cs1. The van der Waals surface area contributed by atoms with E-state index in [1.165, 1.54) is 0 Å². The molecule has 0 radical (unpaired) electrons. The van der Waals surface area contributed by atoms with Gasteiger partial charge in [-0.05, 0) is 25.1 Å². The van der Waals surface area contributed by atoms with Crippen LogP contribution in [0.25, 0.3) is 11.3 Å². The minimum atomic E-state index is -0.155. The summed E-state index contributed by atoms with van der Waals surface area (Å²) in [5, 5.41) is 6.33. The number of thiazole rings is 1. The van der Waals surface area contributed by atoms with Crippen molar-refractivity contribution in [2.75, 3.05) is 31.1 Å². The zero-order valence-electron chi connectivity index (χ0n) is 10.8. The first-order chi connectivity index (χ1) is 9.24. The number of halogens is 1. The fraction of sp³-hybridized carbons (Fsp3) is 0.357. The fourth-order valence-electron chi connectivity index (χ4n) is 2.32. The Labute approximate surface area is 116 Å². The van der Waals surface area contributed by atoms with Crippen molar-refractivity contribution in [1.82, 2.24) is 10.3 Å². The monoisotopic (exact) mass is 277 g/mol. The Hall–Kier alpha value is -1.46. The lowest BCUT2D eigenvalue weighted by molar-refractivity contribution is 0.566. The second kappa shape index (κ2) is 5.27. The van der Waals surface area contributed by atoms with Crippen LogP contribution >= 0.6 is 11.3 Å². The highest BCUT2D eigenvalue weighted by atomic mass is 32.1. The molecule has 2 heterocycles. The molecule has 5 heteroatoms. The molecule has 19 heavy (non-hydrogen) atoms. The third-order valence-corrected chi connectivity index (χ3v) is 4.09. The molecule has 0 bridgehead atoms. The molecule has 1 aromatic carbocycles. The van der Waals surface area contributed by atoms with Crippen LogP contribution in [0.4, 0.5) is 10.1 Å². The van der Waals surface area contributed by atoms with Crippen LogP contribution in [0.3, 0.4) is 0 Å². The van der Waals surface area contributed by atoms with Gasteiger partial charge in [0.2, 0.25) is 0 Å². The number of rotatable bonds is 2. The van der Waals surface area contributed by atoms with E-state index in [0.29, 0.717) is 5.69 Å². The van der Waals surface area contributed by atoms with E-state index in [1.807, 2.05) is 18.4 Å². The maximum atomic E-state index is 14.0. The number of hydrogen-bond donors (Lipinski definition) is 1. The first-order valence-electron chi connectivity index (χ1n) is 6.42. The van der Waals surface area contributed by atoms with Gasteiger partial charge in [-0.25, -0.2) is 9.37 Å². The van der Waals surface area contributed by atoms with Gasteiger partial charge < -0.3 is 10.2 Å². The molecular weight excluding hydrogens is 261 g/mol. The zero-order chi connectivity index (χ0) is 13.2. The van der Waals surface area contributed by atoms with E-state index < -0.39 is 0 Å². The number of anilines is 1. The van der Waals surface area contributed by atoms with E-state index in [1.54, 1.807) is 23.5 Å². The highest BCUT2D eigenvalue weighted by molar-refractivity contribution is 7.09. The minimum absolute atomic E-state index is 0.155. The smallest absolute Gasteiger partial charge is 0.146 e. The molecule has 1 aliphatic heterocycles. The summed E-state index contributed by atoms with van der Waals surface area (Å²) in [6.07, 6.45) is 0. The van der Waals surface area contributed by atoms with Gasteiger partial charge in [0.05, 0.1) is 16.4 Å². The van der Waals surface area contributed by atoms with Crippen LogP contribution in [-0.2, 0) is 0 Å². The van der Waals surface area contributed by atoms with E-state index in [9.17, 15) is 4.39 Å². The Bertz CT molecular complexity index is 576. The number of hydrogen-bond acceptors (Lipinski definition) is 4. The molecule has 1 saturated heterocycles. The van der Waals surface area contributed by atoms with Gasteiger partial charge in [-0.3, -0.25) is 0 Å². The van der Waals surface area contributed by atoms with E-state index in [4.69, 9.17) is 0 Å². The van der Waals surface area contributed by atoms with Gasteiger partial charge >= 0.3 is 0 Å². The molecule has 3 rings (SSSR count). The van der Waals surface area contributed by atoms with Crippen LogP contribution in [0.1, 0.15) is 5.01 Å². The molecule has 0 spiro atoms. The van der Waals surface area contributed by atoms with Crippen molar-refractivity contribution in [1.29, 1.82) is 0 Å². The van der Waals surface area contributed by atoms with Gasteiger partial charge in [-0.15, -0.1) is 11.3 Å². The van der Waals surface area contributed by atoms with Crippen LogP contribution in [0.15, 0.2) is 23.6 Å². The molecule has 0 aliphatic carbocycles. The van der Waals surface area contributed by atoms with Gasteiger partial charge in [-0.2, -0.15) is 0 Å². The molecule has 100 valence electrons. The number of nitrogens with one attached hydrogen (secondary N) is 1. The molecule has 0 amide bonds. The van der Waals surface area contributed by atoms with Crippen molar-refractivity contribution in [3.8, 4) is 11.3 Å². The quantitative estimate of drug-likeness (QED) is 0.914. The molecule has 1 N–H and O–H groups in total. The summed E-state index contributed by atoms with van der Waals surface area (Å²) in [5.74, 6) is -0.155. The van der Waals surface area contributed by atoms with Crippen molar-refractivity contribution in [3.63, 3.8) is 0 Å². The van der Waals surface area contributed by atoms with Crippen LogP contribution in [0.5, 0.6) is 0 Å². The molecule has 0 atom stereocenters. The molecule has 0 saturated carbocycles. The highest BCUT2D eigenvalue weighted by Gasteiger charge is 2.15. The second-order valence-electron chi connectivity index (χ2n) is 4.66. The molecule has 3 nitrogen and oxygen atoms in total. The van der Waals surface area contributed by atoms with Gasteiger partial charge in [0.25, 0.3) is 0 Å². The standard InChI is InChI=1S/C14H16FN3S/c1-10-17-13(9-19-10)11-2-3-12(15)14(8-11)18-6-4-16-5-7-18/h2-3,8-9,16H,4-7H2,1H3. The predicted octanol–water partition coefficient (Wildman–Crippen LogP) is 2.67. The Morgan fingerprint density at radius 1 is 1.32 bits per heavy atom. The van der Waals surface area contributed by atoms with Crippen molar-refractivity contribution < 1.29 is 4.39 Å². The number of piperazine rings is 1. The van der Waals surface area contributed by atoms with Crippen LogP contribution in [0.2, 0.25) is 0 Å². The molecule has 0 unspecified atom stereocenters. The summed E-state index contributed by atoms with van der Waals surface area (Å²) in [5.41, 5.74) is 2.60. The first-order valence-corrected chi connectivity index (χ1v) is 7.30. The number of benzene rings is 1. The lowest BCUT2D eigenvalue weighted by Gasteiger charge is -2.30. The minimum Gasteiger partial charge on any atom is -0.367 e. The largest absolute Gasteiger partial charge is 0.367 e. The Morgan fingerprint density at radius 2 is 2.11 bits per heavy atom. The summed E-state index contributed by atoms with van der Waals surface area (Å²) in [6, 6.07) is 5.26. The third-order valence-electron chi connectivity index (χ3n) is 3.32. The third kappa shape index (κ3) is 2.62. The molecule has 1 aliphatic rings. The second-order valence-corrected chi connectivity index (χ2v) is 5.72. The molecular formula is C14H16FN3S. The summed E-state index contributed by atoms with van der Waals surface area (Å²) in [7, 11) is 0. The van der Waals surface area contributed by atoms with Crippen LogP contribution in [0, 0.1) is 12.7 Å². The lowest BCUT2D eigenvalue weighted by Crippen LogP contribution is -2.43. The van der Waals surface area contributed by atoms with Crippen molar-refractivity contribution in [3.05, 3.63) is 34.4 Å². The van der Waals surface area contributed by atoms with Crippen LogP contribution in [-0.4, -0.2) is 31.2 Å². The summed E-state index contributed by atoms with van der Waals surface area (Å²) >= 11 is 1.62. The molecule has 1 fully saturated rings. The summed E-state index contributed by atoms with van der Waals surface area (Å²) in [4.78, 5) is 6.55. The number of nitrogens with zero attached hydrogens (tertiary/aromatic N) is 2. The van der Waals surface area contributed by atoms with Crippen molar-refractivity contribution >= 4 is 17.0 Å². The van der Waals surface area contributed by atoms with E-state index in [-0.39, 0.29) is 5.82 Å². The Kier molecular flexibility index (Phi) is 3.48. The van der Waals surface area contributed by atoms with Gasteiger partial charge in [0.1, 0.15) is 5.82 Å². The first kappa shape index (κ1) is 12.6. The average molecular weight is 277 g/mol. The van der Waals surface area contributed by atoms with E-state index in [0.717, 1.165) is 42.4 Å². The number of aromatic nitrogens is 1. The normalized spacial score (nSPS) is 15.8. The maximum Gasteiger partial charge on any atom is 0.146 e. The molecule has 2 aromatic rings. The van der Waals surface area contributed by atoms with E-state index in [2.05, 4.69) is 15.2 Å². The summed E-state index contributed by atoms with van der Waals surface area (Å²) < 4.78 is 14.0. The topological polar surface area (TPSA) is 28.2 Å². The summed E-state index contributed by atoms with van der Waals surface area (Å²) in [6.45, 7) is 5.47. The fourth-order valence-corrected chi connectivity index (χ4v) is 2.94. The Morgan fingerprint density at radius 3 is 2.79 bits per heavy atom. The highest BCUT2D eigenvalue weighted by Crippen LogP contribution is 2.28. The van der Waals surface area contributed by atoms with Gasteiger partial charge in [-0.1, -0.05) is 0 Å². The lowest BCUT2D eigenvalue weighted by atomic mass is 10.1. The van der Waals surface area contributed by atoms with Crippen molar-refractivity contribution in [2.45, 2.75) is 6.92 Å². The van der Waals surface area contributed by atoms with Gasteiger partial charge in [0, 0.05) is 37.1 Å². The Balaban J connectivity index is 1.95. The van der Waals surface area contributed by atoms with Gasteiger partial charge in [0.15, 0.2) is 0 Å².